The highest BCUT2D eigenvalue weighted by Gasteiger charge is 2.36. The molecule has 172 valence electrons. The smallest absolute Gasteiger partial charge is 0.259 e. The summed E-state index contributed by atoms with van der Waals surface area (Å²) in [6, 6.07) is 14.9. The van der Waals surface area contributed by atoms with Crippen molar-refractivity contribution in [3.05, 3.63) is 77.5 Å². The lowest BCUT2D eigenvalue weighted by atomic mass is 10.1. The second kappa shape index (κ2) is 9.85. The average molecular weight is 451 g/mol. The summed E-state index contributed by atoms with van der Waals surface area (Å²) in [6.07, 6.45) is -1.20. The topological polar surface area (TPSA) is 125 Å². The summed E-state index contributed by atoms with van der Waals surface area (Å²) < 4.78 is 10.7. The van der Waals surface area contributed by atoms with Gasteiger partial charge in [-0.15, -0.1) is 0 Å². The summed E-state index contributed by atoms with van der Waals surface area (Å²) in [5, 5.41) is 23.0. The molecular weight excluding hydrogens is 426 g/mol. The Morgan fingerprint density at radius 2 is 1.91 bits per heavy atom. The maximum Gasteiger partial charge on any atom is 0.259 e. The molecule has 0 unspecified atom stereocenters. The van der Waals surface area contributed by atoms with Crippen LogP contribution in [-0.4, -0.2) is 52.9 Å². The van der Waals surface area contributed by atoms with Crippen molar-refractivity contribution < 1.29 is 29.0 Å². The number of aromatic nitrogens is 1. The largest absolute Gasteiger partial charge is 0.496 e. The Morgan fingerprint density at radius 3 is 2.73 bits per heavy atom. The van der Waals surface area contributed by atoms with Crippen LogP contribution in [0.1, 0.15) is 22.7 Å². The van der Waals surface area contributed by atoms with E-state index in [0.717, 1.165) is 16.9 Å². The molecule has 4 rings (SSSR count). The number of aliphatic hydroxyl groups is 2. The van der Waals surface area contributed by atoms with Crippen LogP contribution in [-0.2, 0) is 29.0 Å². The van der Waals surface area contributed by atoms with E-state index >= 15 is 0 Å². The predicted molar refractivity (Wildman–Crippen MR) is 119 cm³/mol. The molecule has 0 spiro atoms. The van der Waals surface area contributed by atoms with Crippen molar-refractivity contribution in [3.8, 4) is 5.75 Å². The summed E-state index contributed by atoms with van der Waals surface area (Å²) in [4.78, 5) is 30.7. The number of ether oxygens (including phenoxy) is 1. The molecule has 0 radical (unpaired) electrons. The molecule has 1 aliphatic heterocycles. The van der Waals surface area contributed by atoms with Crippen LogP contribution in [0.4, 0.5) is 5.69 Å². The number of methoxy groups -OCH3 is 1. The van der Waals surface area contributed by atoms with Gasteiger partial charge in [0.25, 0.3) is 11.8 Å². The van der Waals surface area contributed by atoms with Crippen molar-refractivity contribution >= 4 is 17.5 Å². The first kappa shape index (κ1) is 22.5. The maximum absolute atomic E-state index is 12.7. The van der Waals surface area contributed by atoms with Gasteiger partial charge < -0.3 is 29.6 Å². The van der Waals surface area contributed by atoms with E-state index < -0.39 is 24.0 Å². The summed E-state index contributed by atoms with van der Waals surface area (Å²) in [6.45, 7) is 0.282. The summed E-state index contributed by atoms with van der Waals surface area (Å²) in [5.41, 5.74) is 3.23. The normalized spacial score (nSPS) is 14.5. The van der Waals surface area contributed by atoms with E-state index in [1.54, 1.807) is 19.2 Å². The van der Waals surface area contributed by atoms with Gasteiger partial charge in [-0.25, -0.2) is 4.98 Å². The van der Waals surface area contributed by atoms with E-state index in [-0.39, 0.29) is 12.4 Å². The Labute approximate surface area is 190 Å². The molecule has 0 saturated heterocycles. The molecule has 1 aliphatic rings. The zero-order valence-corrected chi connectivity index (χ0v) is 18.1. The lowest BCUT2D eigenvalue weighted by molar-refractivity contribution is -0.144. The summed E-state index contributed by atoms with van der Waals surface area (Å²) in [7, 11) is 1.59. The van der Waals surface area contributed by atoms with E-state index in [2.05, 4.69) is 10.3 Å². The molecule has 1 aromatic heterocycles. The van der Waals surface area contributed by atoms with Crippen molar-refractivity contribution in [1.29, 1.82) is 0 Å². The Hall–Kier alpha value is -3.69. The number of amides is 2. The number of aliphatic hydroxyl groups excluding tert-OH is 2. The van der Waals surface area contributed by atoms with E-state index in [0.29, 0.717) is 30.8 Å². The summed E-state index contributed by atoms with van der Waals surface area (Å²) >= 11 is 0. The monoisotopic (exact) mass is 451 g/mol. The van der Waals surface area contributed by atoms with Crippen LogP contribution in [0.5, 0.6) is 5.75 Å². The highest BCUT2D eigenvalue weighted by atomic mass is 16.5. The number of oxazole rings is 1. The third-order valence-electron chi connectivity index (χ3n) is 5.55. The van der Waals surface area contributed by atoms with E-state index in [4.69, 9.17) is 9.15 Å². The van der Waals surface area contributed by atoms with E-state index in [1.807, 2.05) is 36.4 Å². The van der Waals surface area contributed by atoms with E-state index in [9.17, 15) is 19.8 Å². The van der Waals surface area contributed by atoms with Crippen LogP contribution in [0, 0.1) is 0 Å². The fourth-order valence-corrected chi connectivity index (χ4v) is 3.83. The molecule has 2 amide bonds. The number of benzene rings is 2. The zero-order chi connectivity index (χ0) is 23.4. The van der Waals surface area contributed by atoms with Crippen LogP contribution in [0.15, 0.2) is 59.2 Å². The third-order valence-corrected chi connectivity index (χ3v) is 5.55. The Balaban J connectivity index is 1.32. The zero-order valence-electron chi connectivity index (χ0n) is 18.1. The lowest BCUT2D eigenvalue weighted by Gasteiger charge is -2.23. The Bertz CT molecular complexity index is 1140. The second-order valence-electron chi connectivity index (χ2n) is 7.70. The third kappa shape index (κ3) is 4.89. The van der Waals surface area contributed by atoms with Crippen molar-refractivity contribution in [3.63, 3.8) is 0 Å². The van der Waals surface area contributed by atoms with Gasteiger partial charge >= 0.3 is 0 Å². The van der Waals surface area contributed by atoms with Gasteiger partial charge in [-0.1, -0.05) is 36.4 Å². The Morgan fingerprint density at radius 1 is 1.15 bits per heavy atom. The first-order valence-corrected chi connectivity index (χ1v) is 10.6. The first-order chi connectivity index (χ1) is 16.0. The molecule has 0 saturated carbocycles. The van der Waals surface area contributed by atoms with Gasteiger partial charge in [-0.05, 0) is 24.1 Å². The molecule has 2 atom stereocenters. The number of carbonyl (C=O) groups is 2. The summed E-state index contributed by atoms with van der Waals surface area (Å²) in [5.74, 6) is -0.655. The maximum atomic E-state index is 12.7. The number of anilines is 1. The molecule has 0 aliphatic carbocycles. The molecule has 0 fully saturated rings. The van der Waals surface area contributed by atoms with Crippen LogP contribution in [0.3, 0.4) is 0 Å². The van der Waals surface area contributed by atoms with Gasteiger partial charge in [-0.3, -0.25) is 9.59 Å². The standard InChI is InChI=1S/C24H25N3O6/c1-32-19-9-5-3-7-16(19)12-17-14-33-20(26-17)13-25-23(30)21(28)22(29)24(31)27-11-10-15-6-2-4-8-18(15)27/h2-9,14,21-22,28-29H,10-13H2,1H3,(H,25,30)/t21-,22-/m1/s1. The number of rotatable bonds is 8. The van der Waals surface area contributed by atoms with Gasteiger partial charge in [0.15, 0.2) is 12.2 Å². The number of hydrogen-bond donors (Lipinski definition) is 3. The number of nitrogens with zero attached hydrogens (tertiary/aromatic N) is 2. The molecule has 2 aromatic carbocycles. The first-order valence-electron chi connectivity index (χ1n) is 10.6. The number of para-hydroxylation sites is 2. The van der Waals surface area contributed by atoms with Crippen LogP contribution < -0.4 is 15.0 Å². The van der Waals surface area contributed by atoms with Gasteiger partial charge in [0, 0.05) is 24.2 Å². The highest BCUT2D eigenvalue weighted by molar-refractivity contribution is 6.01. The minimum Gasteiger partial charge on any atom is -0.496 e. The lowest BCUT2D eigenvalue weighted by Crippen LogP contribution is -2.50. The highest BCUT2D eigenvalue weighted by Crippen LogP contribution is 2.28. The minimum atomic E-state index is -1.92. The molecule has 9 heteroatoms. The molecule has 2 heterocycles. The van der Waals surface area contributed by atoms with Crippen molar-refractivity contribution in [2.75, 3.05) is 18.6 Å². The second-order valence-corrected chi connectivity index (χ2v) is 7.70. The van der Waals surface area contributed by atoms with E-state index in [1.165, 1.54) is 11.2 Å². The van der Waals surface area contributed by atoms with Gasteiger partial charge in [0.2, 0.25) is 5.89 Å². The SMILES string of the molecule is COc1ccccc1Cc1coc(CNC(=O)[C@H](O)[C@@H](O)C(=O)N2CCc3ccccc32)n1. The van der Waals surface area contributed by atoms with Crippen molar-refractivity contribution in [2.45, 2.75) is 31.6 Å². The molecular formula is C24H25N3O6. The number of fused-ring (bicyclic) bond motifs is 1. The Kier molecular flexibility index (Phi) is 6.71. The fraction of sp³-hybridized carbons (Fsp3) is 0.292. The van der Waals surface area contributed by atoms with Gasteiger partial charge in [0.05, 0.1) is 19.3 Å². The quantitative estimate of drug-likeness (QED) is 0.470. The molecule has 0 bridgehead atoms. The van der Waals surface area contributed by atoms with Crippen molar-refractivity contribution in [2.24, 2.45) is 0 Å². The van der Waals surface area contributed by atoms with Gasteiger partial charge in [-0.2, -0.15) is 0 Å². The van der Waals surface area contributed by atoms with Crippen molar-refractivity contribution in [1.82, 2.24) is 10.3 Å². The average Bonchev–Trinajstić information content (AvgIpc) is 3.48. The fourth-order valence-electron chi connectivity index (χ4n) is 3.83. The predicted octanol–water partition coefficient (Wildman–Crippen LogP) is 1.20. The van der Waals surface area contributed by atoms with Gasteiger partial charge in [0.1, 0.15) is 12.0 Å². The van der Waals surface area contributed by atoms with Crippen LogP contribution in [0.2, 0.25) is 0 Å². The molecule has 9 nitrogen and oxygen atoms in total. The minimum absolute atomic E-state index is 0.102. The number of nitrogens with one attached hydrogen (secondary N) is 1. The number of hydrogen-bond acceptors (Lipinski definition) is 7. The van der Waals surface area contributed by atoms with Crippen LogP contribution >= 0.6 is 0 Å². The molecule has 3 N–H and O–H groups in total. The number of carbonyl (C=O) groups excluding carboxylic acids is 2. The van der Waals surface area contributed by atoms with Crippen LogP contribution in [0.25, 0.3) is 0 Å². The molecule has 33 heavy (non-hydrogen) atoms. The molecule has 3 aromatic rings.